The first-order valence-electron chi connectivity index (χ1n) is 6.92. The van der Waals surface area contributed by atoms with Gasteiger partial charge in [-0.25, -0.2) is 0 Å². The molecule has 0 radical (unpaired) electrons. The van der Waals surface area contributed by atoms with E-state index in [1.807, 2.05) is 24.3 Å². The third-order valence-electron chi connectivity index (χ3n) is 2.72. The topological polar surface area (TPSA) is 68.9 Å². The lowest BCUT2D eigenvalue weighted by Crippen LogP contribution is -2.34. The van der Waals surface area contributed by atoms with Crippen molar-refractivity contribution in [3.63, 3.8) is 0 Å². The van der Waals surface area contributed by atoms with Crippen LogP contribution in [0.25, 0.3) is 0 Å². The fourth-order valence-corrected chi connectivity index (χ4v) is 1.52. The summed E-state index contributed by atoms with van der Waals surface area (Å²) < 4.78 is 10.7. The number of hydrogen-bond acceptors (Lipinski definition) is 3. The van der Waals surface area contributed by atoms with Crippen LogP contribution in [0, 0.1) is 5.92 Å². The highest BCUT2D eigenvalue weighted by Crippen LogP contribution is 2.16. The van der Waals surface area contributed by atoms with Crippen molar-refractivity contribution in [2.45, 2.75) is 20.3 Å². The molecule has 3 N–H and O–H groups in total. The SMILES string of the molecule is COc1ccc(OCCNC(N)=NCCC(C)C)cc1. The van der Waals surface area contributed by atoms with Crippen LogP contribution in [0.5, 0.6) is 11.5 Å². The molecule has 0 fully saturated rings. The van der Waals surface area contributed by atoms with Crippen molar-refractivity contribution >= 4 is 5.96 Å². The second-order valence-corrected chi connectivity index (χ2v) is 4.90. The second-order valence-electron chi connectivity index (χ2n) is 4.90. The fourth-order valence-electron chi connectivity index (χ4n) is 1.52. The average molecular weight is 279 g/mol. The molecule has 20 heavy (non-hydrogen) atoms. The molecule has 112 valence electrons. The molecule has 0 aromatic heterocycles. The van der Waals surface area contributed by atoms with E-state index in [0.29, 0.717) is 25.0 Å². The van der Waals surface area contributed by atoms with Crippen molar-refractivity contribution in [2.24, 2.45) is 16.6 Å². The van der Waals surface area contributed by atoms with Crippen LogP contribution in [0.4, 0.5) is 0 Å². The van der Waals surface area contributed by atoms with Gasteiger partial charge in [0.25, 0.3) is 0 Å². The Morgan fingerprint density at radius 3 is 2.50 bits per heavy atom. The van der Waals surface area contributed by atoms with Gasteiger partial charge in [0, 0.05) is 6.54 Å². The van der Waals surface area contributed by atoms with Gasteiger partial charge in [0.05, 0.1) is 13.7 Å². The summed E-state index contributed by atoms with van der Waals surface area (Å²) in [6.45, 7) is 6.26. The molecule has 0 atom stereocenters. The maximum Gasteiger partial charge on any atom is 0.188 e. The zero-order valence-corrected chi connectivity index (χ0v) is 12.6. The first-order valence-corrected chi connectivity index (χ1v) is 6.92. The Morgan fingerprint density at radius 2 is 1.90 bits per heavy atom. The Labute approximate surface area is 121 Å². The molecule has 0 saturated carbocycles. The molecule has 0 heterocycles. The second kappa shape index (κ2) is 9.07. The van der Waals surface area contributed by atoms with E-state index in [4.69, 9.17) is 15.2 Å². The van der Waals surface area contributed by atoms with Crippen molar-refractivity contribution in [3.8, 4) is 11.5 Å². The highest BCUT2D eigenvalue weighted by molar-refractivity contribution is 5.77. The Kier molecular flexibility index (Phi) is 7.32. The minimum absolute atomic E-state index is 0.476. The van der Waals surface area contributed by atoms with Crippen LogP contribution in [0.15, 0.2) is 29.3 Å². The number of nitrogens with zero attached hydrogens (tertiary/aromatic N) is 1. The Morgan fingerprint density at radius 1 is 1.25 bits per heavy atom. The lowest BCUT2D eigenvalue weighted by atomic mass is 10.1. The molecule has 0 saturated heterocycles. The number of ether oxygens (including phenoxy) is 2. The van der Waals surface area contributed by atoms with E-state index in [1.54, 1.807) is 7.11 Å². The monoisotopic (exact) mass is 279 g/mol. The Hall–Kier alpha value is -1.91. The zero-order valence-electron chi connectivity index (χ0n) is 12.6. The molecular formula is C15H25N3O2. The normalized spacial score (nSPS) is 11.5. The lowest BCUT2D eigenvalue weighted by molar-refractivity contribution is 0.321. The van der Waals surface area contributed by atoms with Gasteiger partial charge < -0.3 is 20.5 Å². The Balaban J connectivity index is 2.17. The van der Waals surface area contributed by atoms with E-state index in [1.165, 1.54) is 0 Å². The van der Waals surface area contributed by atoms with Crippen LogP contribution in [0.2, 0.25) is 0 Å². The molecule has 0 aliphatic rings. The molecule has 1 rings (SSSR count). The number of benzene rings is 1. The van der Waals surface area contributed by atoms with E-state index in [9.17, 15) is 0 Å². The maximum absolute atomic E-state index is 5.74. The van der Waals surface area contributed by atoms with Crippen molar-refractivity contribution in [2.75, 3.05) is 26.8 Å². The molecule has 5 heteroatoms. The van der Waals surface area contributed by atoms with Crippen molar-refractivity contribution in [1.29, 1.82) is 0 Å². The molecule has 0 aliphatic carbocycles. The predicted octanol–water partition coefficient (Wildman–Crippen LogP) is 2.02. The van der Waals surface area contributed by atoms with Gasteiger partial charge in [-0.15, -0.1) is 0 Å². The third-order valence-corrected chi connectivity index (χ3v) is 2.72. The molecule has 0 bridgehead atoms. The van der Waals surface area contributed by atoms with Gasteiger partial charge in [0.2, 0.25) is 0 Å². The van der Waals surface area contributed by atoms with E-state index in [2.05, 4.69) is 24.2 Å². The van der Waals surface area contributed by atoms with Crippen molar-refractivity contribution in [3.05, 3.63) is 24.3 Å². The van der Waals surface area contributed by atoms with Gasteiger partial charge in [-0.2, -0.15) is 0 Å². The molecule has 0 amide bonds. The van der Waals surface area contributed by atoms with Gasteiger partial charge in [0.1, 0.15) is 18.1 Å². The van der Waals surface area contributed by atoms with E-state index < -0.39 is 0 Å². The van der Waals surface area contributed by atoms with E-state index in [-0.39, 0.29) is 0 Å². The van der Waals surface area contributed by atoms with Gasteiger partial charge in [-0.05, 0) is 36.6 Å². The van der Waals surface area contributed by atoms with Crippen LogP contribution in [-0.2, 0) is 0 Å². The zero-order chi connectivity index (χ0) is 14.8. The first kappa shape index (κ1) is 16.1. The van der Waals surface area contributed by atoms with Crippen LogP contribution >= 0.6 is 0 Å². The summed E-state index contributed by atoms with van der Waals surface area (Å²) in [6, 6.07) is 7.48. The van der Waals surface area contributed by atoms with Gasteiger partial charge in [0.15, 0.2) is 5.96 Å². The van der Waals surface area contributed by atoms with E-state index >= 15 is 0 Å². The molecule has 1 aromatic carbocycles. The highest BCUT2D eigenvalue weighted by Gasteiger charge is 1.96. The molecule has 0 aliphatic heterocycles. The third kappa shape index (κ3) is 6.87. The molecular weight excluding hydrogens is 254 g/mol. The lowest BCUT2D eigenvalue weighted by Gasteiger charge is -2.09. The van der Waals surface area contributed by atoms with Crippen LogP contribution in [0.3, 0.4) is 0 Å². The summed E-state index contributed by atoms with van der Waals surface area (Å²) in [5.41, 5.74) is 5.74. The Bertz CT molecular complexity index is 402. The maximum atomic E-state index is 5.74. The number of guanidine groups is 1. The molecule has 0 unspecified atom stereocenters. The minimum Gasteiger partial charge on any atom is -0.497 e. The van der Waals surface area contributed by atoms with Gasteiger partial charge in [-0.1, -0.05) is 13.8 Å². The van der Waals surface area contributed by atoms with Crippen LogP contribution < -0.4 is 20.5 Å². The quantitative estimate of drug-likeness (QED) is 0.434. The largest absolute Gasteiger partial charge is 0.497 e. The number of nitrogens with one attached hydrogen (secondary N) is 1. The van der Waals surface area contributed by atoms with Gasteiger partial charge in [-0.3, -0.25) is 4.99 Å². The minimum atomic E-state index is 0.476. The number of aliphatic imine (C=N–C) groups is 1. The van der Waals surface area contributed by atoms with Crippen LogP contribution in [0.1, 0.15) is 20.3 Å². The highest BCUT2D eigenvalue weighted by atomic mass is 16.5. The predicted molar refractivity (Wildman–Crippen MR) is 82.4 cm³/mol. The standard InChI is InChI=1S/C15H25N3O2/c1-12(2)8-9-17-15(16)18-10-11-20-14-6-4-13(19-3)5-7-14/h4-7,12H,8-11H2,1-3H3,(H3,16,17,18). The summed E-state index contributed by atoms with van der Waals surface area (Å²) in [7, 11) is 1.64. The van der Waals surface area contributed by atoms with Gasteiger partial charge >= 0.3 is 0 Å². The summed E-state index contributed by atoms with van der Waals surface area (Å²) in [5.74, 6) is 2.74. The number of hydrogen-bond donors (Lipinski definition) is 2. The molecule has 1 aromatic rings. The average Bonchev–Trinajstić information content (AvgIpc) is 2.44. The first-order chi connectivity index (χ1) is 9.61. The summed E-state index contributed by atoms with van der Waals surface area (Å²) in [5, 5.41) is 3.03. The summed E-state index contributed by atoms with van der Waals surface area (Å²) >= 11 is 0. The van der Waals surface area contributed by atoms with Crippen molar-refractivity contribution < 1.29 is 9.47 Å². The number of methoxy groups -OCH3 is 1. The van der Waals surface area contributed by atoms with E-state index in [0.717, 1.165) is 24.5 Å². The van der Waals surface area contributed by atoms with Crippen molar-refractivity contribution in [1.82, 2.24) is 5.32 Å². The molecule has 0 spiro atoms. The number of rotatable bonds is 8. The fraction of sp³-hybridized carbons (Fsp3) is 0.533. The smallest absolute Gasteiger partial charge is 0.188 e. The summed E-state index contributed by atoms with van der Waals surface area (Å²) in [4.78, 5) is 4.24. The van der Waals surface area contributed by atoms with Crippen LogP contribution in [-0.4, -0.2) is 32.8 Å². The molecule has 5 nitrogen and oxygen atoms in total. The summed E-state index contributed by atoms with van der Waals surface area (Å²) in [6.07, 6.45) is 1.05. The number of nitrogens with two attached hydrogens (primary N) is 1.